The highest BCUT2D eigenvalue weighted by Gasteiger charge is 2.39. The number of imidazole rings is 2. The van der Waals surface area contributed by atoms with Crippen LogP contribution in [0.2, 0.25) is 0 Å². The molecule has 0 saturated carbocycles. The van der Waals surface area contributed by atoms with Crippen LogP contribution in [-0.2, 0) is 39.8 Å². The van der Waals surface area contributed by atoms with Crippen LogP contribution >= 0.6 is 0 Å². The maximum atomic E-state index is 13.9. The highest BCUT2D eigenvalue weighted by molar-refractivity contribution is 5.87. The average molecular weight is 851 g/mol. The predicted molar refractivity (Wildman–Crippen MR) is 217 cm³/mol. The van der Waals surface area contributed by atoms with Crippen molar-refractivity contribution in [1.82, 2.24) is 40.4 Å². The summed E-state index contributed by atoms with van der Waals surface area (Å²) >= 11 is 0. The number of amides is 4. The van der Waals surface area contributed by atoms with Gasteiger partial charge in [-0.15, -0.1) is 0 Å². The fraction of sp³-hybridized carbons (Fsp3) is 0.476. The molecule has 0 aliphatic carbocycles. The molecule has 19 heteroatoms. The van der Waals surface area contributed by atoms with Crippen molar-refractivity contribution >= 4 is 24.0 Å². The van der Waals surface area contributed by atoms with Gasteiger partial charge in [0.05, 0.1) is 77.0 Å². The van der Waals surface area contributed by atoms with E-state index in [9.17, 15) is 28.0 Å². The SMILES string of the molecule is COC(=O)N[C@@H](CCOC(F)F)C(=O)N1CCC[C@H]1c1ncc(-c2ccc(-c3ccc(-c4cnc(CN(CC5(C)OCCO5)C(=O)[C@@H](NC(=O)OC)C(C)C)[nH]4)cc3)cc2)[nH]1. The third-order valence-electron chi connectivity index (χ3n) is 10.6. The molecule has 328 valence electrons. The summed E-state index contributed by atoms with van der Waals surface area (Å²) in [6, 6.07) is 13.5. The van der Waals surface area contributed by atoms with Crippen molar-refractivity contribution in [3.05, 3.63) is 72.6 Å². The second kappa shape index (κ2) is 20.1. The number of carbonyl (C=O) groups is 4. The van der Waals surface area contributed by atoms with Crippen LogP contribution in [0, 0.1) is 5.92 Å². The molecule has 2 fully saturated rings. The summed E-state index contributed by atoms with van der Waals surface area (Å²) in [6.07, 6.45) is 3.03. The number of hydrogen-bond donors (Lipinski definition) is 4. The molecule has 2 aromatic heterocycles. The Kier molecular flexibility index (Phi) is 14.7. The van der Waals surface area contributed by atoms with Gasteiger partial charge in [0, 0.05) is 13.0 Å². The van der Waals surface area contributed by atoms with E-state index in [2.05, 4.69) is 40.0 Å². The Bertz CT molecular complexity index is 2100. The Hall–Kier alpha value is -5.92. The lowest BCUT2D eigenvalue weighted by Gasteiger charge is -2.34. The van der Waals surface area contributed by atoms with Crippen LogP contribution in [0.15, 0.2) is 60.9 Å². The van der Waals surface area contributed by atoms with E-state index in [1.54, 1.807) is 29.1 Å². The number of alkyl halides is 2. The first-order valence-electron chi connectivity index (χ1n) is 20.0. The molecule has 0 bridgehead atoms. The zero-order chi connectivity index (χ0) is 43.7. The number of alkyl carbamates (subject to hydrolysis) is 2. The summed E-state index contributed by atoms with van der Waals surface area (Å²) in [5, 5.41) is 5.09. The van der Waals surface area contributed by atoms with Gasteiger partial charge >= 0.3 is 18.8 Å². The van der Waals surface area contributed by atoms with E-state index >= 15 is 0 Å². The number of aromatic nitrogens is 4. The van der Waals surface area contributed by atoms with Crippen LogP contribution in [-0.4, -0.2) is 125 Å². The van der Waals surface area contributed by atoms with Gasteiger partial charge in [0.25, 0.3) is 0 Å². The number of nitrogens with zero attached hydrogens (tertiary/aromatic N) is 4. The molecule has 0 unspecified atom stereocenters. The van der Waals surface area contributed by atoms with Crippen molar-refractivity contribution in [3.63, 3.8) is 0 Å². The second-order valence-corrected chi connectivity index (χ2v) is 15.3. The Morgan fingerprint density at radius 1 is 0.885 bits per heavy atom. The smallest absolute Gasteiger partial charge is 0.407 e. The number of benzene rings is 2. The highest BCUT2D eigenvalue weighted by atomic mass is 19.3. The quantitative estimate of drug-likeness (QED) is 0.103. The Balaban J connectivity index is 1.11. The molecule has 2 aromatic carbocycles. The van der Waals surface area contributed by atoms with Gasteiger partial charge in [0.15, 0.2) is 5.79 Å². The number of rotatable bonds is 17. The standard InChI is InChI=1S/C42H52F2N8O9/c1-25(2)35(50-41(56)58-5)38(54)51(24-42(3)60-19-20-61-42)23-34-45-21-31(47-34)28-12-8-26(9-13-28)27-10-14-29(15-11-27)32-22-46-36(48-32)33-7-6-17-52(33)37(53)30(49-40(55)57-4)16-18-59-39(43)44/h8-15,21-22,25,30,33,35,39H,6-7,16-20,23-24H2,1-5H3,(H,45,47)(H,46,48)(H,49,55)(H,50,56)/t30-,33-,35-/m0/s1. The van der Waals surface area contributed by atoms with Gasteiger partial charge in [-0.1, -0.05) is 62.4 Å². The van der Waals surface area contributed by atoms with Gasteiger partial charge in [0.1, 0.15) is 23.7 Å². The third kappa shape index (κ3) is 11.3. The number of aromatic amines is 2. The van der Waals surface area contributed by atoms with Crippen molar-refractivity contribution in [1.29, 1.82) is 0 Å². The van der Waals surface area contributed by atoms with Crippen LogP contribution in [0.25, 0.3) is 33.6 Å². The largest absolute Gasteiger partial charge is 0.453 e. The molecule has 0 radical (unpaired) electrons. The molecule has 2 saturated heterocycles. The molecule has 4 aromatic rings. The van der Waals surface area contributed by atoms with E-state index in [0.29, 0.717) is 44.2 Å². The number of halogens is 2. The first kappa shape index (κ1) is 44.6. The van der Waals surface area contributed by atoms with E-state index in [1.165, 1.54) is 7.11 Å². The minimum Gasteiger partial charge on any atom is -0.453 e. The van der Waals surface area contributed by atoms with Gasteiger partial charge < -0.3 is 54.1 Å². The van der Waals surface area contributed by atoms with Crippen molar-refractivity contribution in [2.45, 2.75) is 77.1 Å². The lowest BCUT2D eigenvalue weighted by Crippen LogP contribution is -2.54. The van der Waals surface area contributed by atoms with Crippen molar-refractivity contribution < 1.29 is 51.6 Å². The number of carbonyl (C=O) groups excluding carboxylic acids is 4. The number of methoxy groups -OCH3 is 2. The fourth-order valence-electron chi connectivity index (χ4n) is 7.46. The zero-order valence-corrected chi connectivity index (χ0v) is 34.7. The highest BCUT2D eigenvalue weighted by Crippen LogP contribution is 2.33. The van der Waals surface area contributed by atoms with E-state index in [4.69, 9.17) is 14.2 Å². The Morgan fingerprint density at radius 3 is 2.05 bits per heavy atom. The maximum Gasteiger partial charge on any atom is 0.407 e. The average Bonchev–Trinajstić information content (AvgIpc) is 4.10. The van der Waals surface area contributed by atoms with Gasteiger partial charge in [0.2, 0.25) is 11.8 Å². The minimum atomic E-state index is -3.00. The molecule has 0 spiro atoms. The van der Waals surface area contributed by atoms with Gasteiger partial charge in [-0.2, -0.15) is 8.78 Å². The van der Waals surface area contributed by atoms with Crippen LogP contribution in [0.5, 0.6) is 0 Å². The molecular formula is C42H52F2N8O9. The molecule has 17 nitrogen and oxygen atoms in total. The van der Waals surface area contributed by atoms with Crippen molar-refractivity contribution in [3.8, 4) is 33.6 Å². The van der Waals surface area contributed by atoms with Gasteiger partial charge in [-0.25, -0.2) is 19.6 Å². The number of nitrogens with one attached hydrogen (secondary N) is 4. The molecule has 2 aliphatic heterocycles. The Morgan fingerprint density at radius 2 is 1.46 bits per heavy atom. The molecule has 61 heavy (non-hydrogen) atoms. The minimum absolute atomic E-state index is 0.114. The summed E-state index contributed by atoms with van der Waals surface area (Å²) in [5.41, 5.74) is 5.23. The topological polar surface area (TPSA) is 202 Å². The van der Waals surface area contributed by atoms with Crippen LogP contribution in [0.4, 0.5) is 18.4 Å². The number of H-pyrrole nitrogens is 2. The van der Waals surface area contributed by atoms with Crippen LogP contribution < -0.4 is 10.6 Å². The van der Waals surface area contributed by atoms with E-state index in [-0.39, 0.29) is 31.3 Å². The fourth-order valence-corrected chi connectivity index (χ4v) is 7.46. The molecule has 6 rings (SSSR count). The number of likely N-dealkylation sites (tertiary alicyclic amines) is 1. The normalized spacial score (nSPS) is 17.0. The Labute approximate surface area is 351 Å². The maximum absolute atomic E-state index is 13.9. The molecule has 3 atom stereocenters. The first-order chi connectivity index (χ1) is 29.3. The zero-order valence-electron chi connectivity index (χ0n) is 34.7. The summed E-state index contributed by atoms with van der Waals surface area (Å²) in [7, 11) is 2.40. The lowest BCUT2D eigenvalue weighted by molar-refractivity contribution is -0.169. The van der Waals surface area contributed by atoms with E-state index < -0.39 is 55.2 Å². The van der Waals surface area contributed by atoms with Crippen LogP contribution in [0.1, 0.15) is 57.7 Å². The van der Waals surface area contributed by atoms with E-state index in [1.807, 2.05) is 62.4 Å². The molecule has 4 N–H and O–H groups in total. The number of ether oxygens (including phenoxy) is 5. The number of hydrogen-bond acceptors (Lipinski definition) is 11. The second-order valence-electron chi connectivity index (χ2n) is 15.3. The first-order valence-corrected chi connectivity index (χ1v) is 20.0. The third-order valence-corrected chi connectivity index (χ3v) is 10.6. The predicted octanol–water partition coefficient (Wildman–Crippen LogP) is 5.62. The molecule has 2 aliphatic rings. The van der Waals surface area contributed by atoms with E-state index in [0.717, 1.165) is 40.8 Å². The summed E-state index contributed by atoms with van der Waals surface area (Å²) in [4.78, 5) is 70.4. The lowest BCUT2D eigenvalue weighted by atomic mass is 10.0. The molecular weight excluding hydrogens is 799 g/mol. The monoisotopic (exact) mass is 850 g/mol. The summed E-state index contributed by atoms with van der Waals surface area (Å²) < 4.78 is 50.6. The van der Waals surface area contributed by atoms with Crippen LogP contribution in [0.3, 0.4) is 0 Å². The van der Waals surface area contributed by atoms with Crippen molar-refractivity contribution in [2.75, 3.05) is 47.1 Å². The van der Waals surface area contributed by atoms with Gasteiger partial charge in [-0.05, 0) is 47.9 Å². The molecule has 4 heterocycles. The summed E-state index contributed by atoms with van der Waals surface area (Å²) in [5.74, 6) is -0.887. The van der Waals surface area contributed by atoms with Crippen molar-refractivity contribution in [2.24, 2.45) is 5.92 Å². The summed E-state index contributed by atoms with van der Waals surface area (Å²) in [6.45, 7) is 3.48. The molecule has 4 amide bonds. The van der Waals surface area contributed by atoms with Gasteiger partial charge in [-0.3, -0.25) is 9.59 Å².